The van der Waals surface area contributed by atoms with Crippen LogP contribution < -0.4 is 5.32 Å². The highest BCUT2D eigenvalue weighted by Gasteiger charge is 2.30. The predicted octanol–water partition coefficient (Wildman–Crippen LogP) is 2.16. The summed E-state index contributed by atoms with van der Waals surface area (Å²) in [5.74, 6) is 0. The van der Waals surface area contributed by atoms with Gasteiger partial charge in [0.2, 0.25) is 0 Å². The Kier molecular flexibility index (Phi) is 4.52. The Morgan fingerprint density at radius 1 is 1.35 bits per heavy atom. The summed E-state index contributed by atoms with van der Waals surface area (Å²) in [4.78, 5) is 12.8. The fourth-order valence-electron chi connectivity index (χ4n) is 1.83. The zero-order valence-corrected chi connectivity index (χ0v) is 10.6. The highest BCUT2D eigenvalue weighted by atomic mass is 16.4. The van der Waals surface area contributed by atoms with Gasteiger partial charge in [0.05, 0.1) is 5.54 Å². The van der Waals surface area contributed by atoms with Crippen LogP contribution in [0.4, 0.5) is 4.79 Å². The first-order chi connectivity index (χ1) is 7.97. The van der Waals surface area contributed by atoms with Gasteiger partial charge in [0, 0.05) is 13.1 Å². The van der Waals surface area contributed by atoms with Gasteiger partial charge in [-0.1, -0.05) is 30.3 Å². The van der Waals surface area contributed by atoms with Crippen LogP contribution in [0.1, 0.15) is 19.4 Å². The van der Waals surface area contributed by atoms with Crippen molar-refractivity contribution in [2.24, 2.45) is 0 Å². The number of carbonyl (C=O) groups is 1. The Morgan fingerprint density at radius 2 is 1.94 bits per heavy atom. The van der Waals surface area contributed by atoms with Crippen LogP contribution in [-0.4, -0.2) is 35.2 Å². The third-order valence-electron chi connectivity index (χ3n) is 2.75. The van der Waals surface area contributed by atoms with E-state index in [0.29, 0.717) is 13.1 Å². The van der Waals surface area contributed by atoms with Crippen molar-refractivity contribution in [2.45, 2.75) is 25.9 Å². The standard InChI is InChI=1S/C13H20N2O2/c1-13(2,10-14-3)15(12(16)17)9-11-7-5-4-6-8-11/h4-8,14H,9-10H2,1-3H3,(H,16,17). The average molecular weight is 236 g/mol. The molecule has 0 aliphatic rings. The summed E-state index contributed by atoms with van der Waals surface area (Å²) in [5.41, 5.74) is 0.565. The molecule has 94 valence electrons. The van der Waals surface area contributed by atoms with Crippen molar-refractivity contribution in [3.8, 4) is 0 Å². The van der Waals surface area contributed by atoms with E-state index in [9.17, 15) is 9.90 Å². The van der Waals surface area contributed by atoms with E-state index in [1.807, 2.05) is 51.2 Å². The van der Waals surface area contributed by atoms with E-state index >= 15 is 0 Å². The lowest BCUT2D eigenvalue weighted by molar-refractivity contribution is 0.0875. The second kappa shape index (κ2) is 5.68. The van der Waals surface area contributed by atoms with Crippen LogP contribution in [0.3, 0.4) is 0 Å². The molecule has 0 aromatic heterocycles. The summed E-state index contributed by atoms with van der Waals surface area (Å²) in [6.45, 7) is 4.86. The molecule has 0 atom stereocenters. The van der Waals surface area contributed by atoms with E-state index in [1.54, 1.807) is 0 Å². The highest BCUT2D eigenvalue weighted by Crippen LogP contribution is 2.17. The van der Waals surface area contributed by atoms with E-state index in [4.69, 9.17) is 0 Å². The summed E-state index contributed by atoms with van der Waals surface area (Å²) in [6, 6.07) is 9.63. The lowest BCUT2D eigenvalue weighted by Crippen LogP contribution is -2.51. The van der Waals surface area contributed by atoms with Gasteiger partial charge in [-0.25, -0.2) is 4.79 Å². The Labute approximate surface area is 102 Å². The fraction of sp³-hybridized carbons (Fsp3) is 0.462. The first-order valence-electron chi connectivity index (χ1n) is 5.66. The van der Waals surface area contributed by atoms with E-state index < -0.39 is 11.6 Å². The van der Waals surface area contributed by atoms with Gasteiger partial charge in [-0.2, -0.15) is 0 Å². The van der Waals surface area contributed by atoms with Crippen molar-refractivity contribution in [3.05, 3.63) is 35.9 Å². The first-order valence-corrected chi connectivity index (χ1v) is 5.66. The third-order valence-corrected chi connectivity index (χ3v) is 2.75. The van der Waals surface area contributed by atoms with Gasteiger partial charge in [0.1, 0.15) is 0 Å². The van der Waals surface area contributed by atoms with E-state index in [0.717, 1.165) is 5.56 Å². The van der Waals surface area contributed by atoms with Crippen LogP contribution in [0.5, 0.6) is 0 Å². The second-order valence-electron chi connectivity index (χ2n) is 4.70. The van der Waals surface area contributed by atoms with E-state index in [2.05, 4.69) is 5.32 Å². The smallest absolute Gasteiger partial charge is 0.408 e. The molecule has 0 heterocycles. The summed E-state index contributed by atoms with van der Waals surface area (Å²) in [5, 5.41) is 12.3. The van der Waals surface area contributed by atoms with Gasteiger partial charge in [-0.05, 0) is 26.5 Å². The van der Waals surface area contributed by atoms with E-state index in [-0.39, 0.29) is 0 Å². The number of likely N-dealkylation sites (N-methyl/N-ethyl adjacent to an activating group) is 1. The monoisotopic (exact) mass is 236 g/mol. The SMILES string of the molecule is CNCC(C)(C)N(Cc1ccccc1)C(=O)O. The zero-order valence-electron chi connectivity index (χ0n) is 10.6. The lowest BCUT2D eigenvalue weighted by Gasteiger charge is -2.36. The van der Waals surface area contributed by atoms with Crippen molar-refractivity contribution in [1.82, 2.24) is 10.2 Å². The molecule has 17 heavy (non-hydrogen) atoms. The molecule has 0 aliphatic carbocycles. The molecule has 1 rings (SSSR count). The molecule has 0 spiro atoms. The number of rotatable bonds is 5. The van der Waals surface area contributed by atoms with Crippen LogP contribution in [0.2, 0.25) is 0 Å². The molecular formula is C13H20N2O2. The number of amides is 1. The summed E-state index contributed by atoms with van der Waals surface area (Å²) in [7, 11) is 1.82. The molecule has 0 saturated heterocycles. The Morgan fingerprint density at radius 3 is 2.41 bits per heavy atom. The molecule has 0 bridgehead atoms. The molecule has 1 aromatic rings. The quantitative estimate of drug-likeness (QED) is 0.823. The molecule has 0 unspecified atom stereocenters. The second-order valence-corrected chi connectivity index (χ2v) is 4.70. The van der Waals surface area contributed by atoms with Crippen molar-refractivity contribution >= 4 is 6.09 Å². The molecular weight excluding hydrogens is 216 g/mol. The van der Waals surface area contributed by atoms with Crippen molar-refractivity contribution < 1.29 is 9.90 Å². The maximum absolute atomic E-state index is 11.3. The molecule has 2 N–H and O–H groups in total. The lowest BCUT2D eigenvalue weighted by atomic mass is 10.0. The van der Waals surface area contributed by atoms with Gasteiger partial charge in [-0.15, -0.1) is 0 Å². The first kappa shape index (κ1) is 13.5. The largest absolute Gasteiger partial charge is 0.465 e. The van der Waals surface area contributed by atoms with Crippen molar-refractivity contribution in [3.63, 3.8) is 0 Å². The van der Waals surface area contributed by atoms with Gasteiger partial charge in [0.15, 0.2) is 0 Å². The molecule has 1 aromatic carbocycles. The van der Waals surface area contributed by atoms with E-state index in [1.165, 1.54) is 4.90 Å². The molecule has 4 nitrogen and oxygen atoms in total. The minimum absolute atomic E-state index is 0.408. The Hall–Kier alpha value is -1.55. The van der Waals surface area contributed by atoms with Crippen LogP contribution in [0.25, 0.3) is 0 Å². The molecule has 0 aliphatic heterocycles. The van der Waals surface area contributed by atoms with Crippen molar-refractivity contribution in [2.75, 3.05) is 13.6 Å². The molecule has 1 amide bonds. The predicted molar refractivity (Wildman–Crippen MR) is 68.0 cm³/mol. The molecule has 0 radical (unpaired) electrons. The average Bonchev–Trinajstić information content (AvgIpc) is 2.26. The van der Waals surface area contributed by atoms with Gasteiger partial charge >= 0.3 is 6.09 Å². The normalized spacial score (nSPS) is 11.2. The minimum atomic E-state index is -0.894. The Balaban J connectivity index is 2.84. The third kappa shape index (κ3) is 3.75. The number of hydrogen-bond donors (Lipinski definition) is 2. The van der Waals surface area contributed by atoms with Crippen molar-refractivity contribution in [1.29, 1.82) is 0 Å². The van der Waals surface area contributed by atoms with Gasteiger partial charge in [0.25, 0.3) is 0 Å². The fourth-order valence-corrected chi connectivity index (χ4v) is 1.83. The van der Waals surface area contributed by atoms with Crippen LogP contribution in [0.15, 0.2) is 30.3 Å². The van der Waals surface area contributed by atoms with Crippen LogP contribution >= 0.6 is 0 Å². The molecule has 0 saturated carbocycles. The van der Waals surface area contributed by atoms with Crippen LogP contribution in [0, 0.1) is 0 Å². The number of nitrogens with zero attached hydrogens (tertiary/aromatic N) is 1. The maximum Gasteiger partial charge on any atom is 0.408 e. The zero-order chi connectivity index (χ0) is 12.9. The number of nitrogens with one attached hydrogen (secondary N) is 1. The highest BCUT2D eigenvalue weighted by molar-refractivity contribution is 5.66. The maximum atomic E-state index is 11.3. The Bertz CT molecular complexity index is 363. The topological polar surface area (TPSA) is 52.6 Å². The van der Waals surface area contributed by atoms with Crippen LogP contribution in [-0.2, 0) is 6.54 Å². The van der Waals surface area contributed by atoms with Gasteiger partial charge in [-0.3, -0.25) is 4.90 Å². The van der Waals surface area contributed by atoms with Gasteiger partial charge < -0.3 is 10.4 Å². The number of carboxylic acid groups (broad SMARTS) is 1. The summed E-state index contributed by atoms with van der Waals surface area (Å²) >= 11 is 0. The number of hydrogen-bond acceptors (Lipinski definition) is 2. The summed E-state index contributed by atoms with van der Waals surface area (Å²) in [6.07, 6.45) is -0.894. The molecule has 4 heteroatoms. The molecule has 0 fully saturated rings. The minimum Gasteiger partial charge on any atom is -0.465 e. The summed E-state index contributed by atoms with van der Waals surface area (Å²) < 4.78 is 0. The number of benzene rings is 1.